The van der Waals surface area contributed by atoms with E-state index in [0.717, 1.165) is 19.4 Å². The van der Waals surface area contributed by atoms with Crippen molar-refractivity contribution in [1.29, 1.82) is 0 Å². The summed E-state index contributed by atoms with van der Waals surface area (Å²) in [6.45, 7) is 7.70. The van der Waals surface area contributed by atoms with Gasteiger partial charge in [0.25, 0.3) is 0 Å². The second kappa shape index (κ2) is 5.10. The smallest absolute Gasteiger partial charge is 0.0783 e. The lowest BCUT2D eigenvalue weighted by molar-refractivity contribution is -0.0972. The highest BCUT2D eigenvalue weighted by Crippen LogP contribution is 2.45. The Bertz CT molecular complexity index is 263. The molecule has 3 unspecified atom stereocenters. The Hall–Kier alpha value is 0.270. The molecule has 0 amide bonds. The van der Waals surface area contributed by atoms with Crippen LogP contribution in [0.4, 0.5) is 0 Å². The van der Waals surface area contributed by atoms with E-state index in [9.17, 15) is 0 Å². The van der Waals surface area contributed by atoms with Gasteiger partial charge in [-0.1, -0.05) is 20.8 Å². The van der Waals surface area contributed by atoms with Gasteiger partial charge in [0.2, 0.25) is 0 Å². The zero-order valence-corrected chi connectivity index (χ0v) is 12.3. The number of hydrogen-bond donors (Lipinski definition) is 1. The molecule has 2 N–H and O–H groups in total. The monoisotopic (exact) mass is 257 g/mol. The van der Waals surface area contributed by atoms with Crippen LogP contribution in [0.15, 0.2) is 0 Å². The van der Waals surface area contributed by atoms with E-state index in [1.807, 2.05) is 11.8 Å². The quantitative estimate of drug-likeness (QED) is 0.844. The van der Waals surface area contributed by atoms with Gasteiger partial charge in [-0.2, -0.15) is 11.8 Å². The Morgan fingerprint density at radius 3 is 2.82 bits per heavy atom. The van der Waals surface area contributed by atoms with E-state index in [-0.39, 0.29) is 11.1 Å². The van der Waals surface area contributed by atoms with Crippen LogP contribution in [0.1, 0.15) is 46.5 Å². The van der Waals surface area contributed by atoms with Gasteiger partial charge in [0.1, 0.15) is 0 Å². The van der Waals surface area contributed by atoms with Crippen LogP contribution in [0.2, 0.25) is 0 Å². The molecule has 0 radical (unpaired) electrons. The molecule has 0 saturated carbocycles. The van der Waals surface area contributed by atoms with Crippen LogP contribution in [0.5, 0.6) is 0 Å². The van der Waals surface area contributed by atoms with E-state index >= 15 is 0 Å². The molecular weight excluding hydrogens is 230 g/mol. The summed E-state index contributed by atoms with van der Waals surface area (Å²) >= 11 is 2.04. The largest absolute Gasteiger partial charge is 0.374 e. The second-order valence-electron chi connectivity index (χ2n) is 6.14. The van der Waals surface area contributed by atoms with Crippen molar-refractivity contribution in [3.8, 4) is 0 Å². The zero-order chi connectivity index (χ0) is 12.5. The molecule has 0 aromatic rings. The van der Waals surface area contributed by atoms with E-state index in [4.69, 9.17) is 10.5 Å². The molecule has 100 valence electrons. The number of ether oxygens (including phenoxy) is 1. The van der Waals surface area contributed by atoms with Gasteiger partial charge in [-0.15, -0.1) is 0 Å². The summed E-state index contributed by atoms with van der Waals surface area (Å²) in [5.41, 5.74) is 6.88. The van der Waals surface area contributed by atoms with Crippen LogP contribution in [0.25, 0.3) is 0 Å². The standard InChI is InChI=1S/C14H27NOS/c1-4-14(15,11(2)3)12-5-7-16-13(9-12)6-8-17-10-13/h11-12H,4-10,15H2,1-3H3. The average molecular weight is 257 g/mol. The van der Waals surface area contributed by atoms with Crippen molar-refractivity contribution in [1.82, 2.24) is 0 Å². The molecule has 3 atom stereocenters. The fourth-order valence-corrected chi connectivity index (χ4v) is 4.90. The normalized spacial score (nSPS) is 37.6. The molecule has 0 aliphatic carbocycles. The fourth-order valence-electron chi connectivity index (χ4n) is 3.52. The highest BCUT2D eigenvalue weighted by molar-refractivity contribution is 7.99. The fraction of sp³-hybridized carbons (Fsp3) is 1.00. The third-order valence-electron chi connectivity index (χ3n) is 5.01. The minimum absolute atomic E-state index is 0.00400. The molecule has 2 nitrogen and oxygen atoms in total. The van der Waals surface area contributed by atoms with Crippen LogP contribution in [0.3, 0.4) is 0 Å². The molecule has 0 bridgehead atoms. The highest BCUT2D eigenvalue weighted by Gasteiger charge is 2.46. The molecule has 0 aromatic carbocycles. The summed E-state index contributed by atoms with van der Waals surface area (Å²) < 4.78 is 6.10. The molecule has 2 heterocycles. The van der Waals surface area contributed by atoms with E-state index < -0.39 is 0 Å². The maximum absolute atomic E-state index is 6.70. The molecule has 1 spiro atoms. The van der Waals surface area contributed by atoms with Gasteiger partial charge >= 0.3 is 0 Å². The molecule has 2 aliphatic heterocycles. The summed E-state index contributed by atoms with van der Waals surface area (Å²) in [5, 5.41) is 0. The predicted molar refractivity (Wildman–Crippen MR) is 75.4 cm³/mol. The first kappa shape index (κ1) is 13.7. The van der Waals surface area contributed by atoms with Crippen molar-refractivity contribution >= 4 is 11.8 Å². The number of rotatable bonds is 3. The Balaban J connectivity index is 2.10. The lowest BCUT2D eigenvalue weighted by Gasteiger charge is -2.47. The first-order chi connectivity index (χ1) is 8.02. The lowest BCUT2D eigenvalue weighted by Crippen LogP contribution is -2.56. The predicted octanol–water partition coefficient (Wildman–Crippen LogP) is 3.05. The zero-order valence-electron chi connectivity index (χ0n) is 11.5. The third kappa shape index (κ3) is 2.52. The average Bonchev–Trinajstić information content (AvgIpc) is 2.76. The molecule has 0 aromatic heterocycles. The molecule has 2 saturated heterocycles. The summed E-state index contributed by atoms with van der Waals surface area (Å²) in [6, 6.07) is 0. The van der Waals surface area contributed by atoms with Crippen molar-refractivity contribution in [2.75, 3.05) is 18.1 Å². The van der Waals surface area contributed by atoms with E-state index in [1.165, 1.54) is 24.3 Å². The van der Waals surface area contributed by atoms with Gasteiger partial charge in [0, 0.05) is 17.9 Å². The summed E-state index contributed by atoms with van der Waals surface area (Å²) in [4.78, 5) is 0. The molecule has 2 rings (SSSR count). The molecule has 17 heavy (non-hydrogen) atoms. The van der Waals surface area contributed by atoms with Gasteiger partial charge in [-0.25, -0.2) is 0 Å². The highest BCUT2D eigenvalue weighted by atomic mass is 32.2. The Morgan fingerprint density at radius 1 is 1.53 bits per heavy atom. The van der Waals surface area contributed by atoms with Crippen LogP contribution in [0, 0.1) is 11.8 Å². The minimum atomic E-state index is 0.00400. The Kier molecular flexibility index (Phi) is 4.11. The molecular formula is C14H27NOS. The van der Waals surface area contributed by atoms with E-state index in [1.54, 1.807) is 0 Å². The lowest BCUT2D eigenvalue weighted by atomic mass is 9.67. The van der Waals surface area contributed by atoms with Gasteiger partial charge < -0.3 is 10.5 Å². The molecule has 3 heteroatoms. The van der Waals surface area contributed by atoms with Gasteiger partial charge in [-0.05, 0) is 43.3 Å². The Labute approximate surface area is 110 Å². The summed E-state index contributed by atoms with van der Waals surface area (Å²) in [7, 11) is 0. The maximum atomic E-state index is 6.70. The first-order valence-corrected chi connectivity index (χ1v) is 8.18. The van der Waals surface area contributed by atoms with Crippen LogP contribution in [-0.2, 0) is 4.74 Å². The number of hydrogen-bond acceptors (Lipinski definition) is 3. The molecule has 2 aliphatic rings. The summed E-state index contributed by atoms with van der Waals surface area (Å²) in [5.74, 6) is 3.64. The minimum Gasteiger partial charge on any atom is -0.374 e. The van der Waals surface area contributed by atoms with E-state index in [2.05, 4.69) is 20.8 Å². The van der Waals surface area contributed by atoms with Gasteiger partial charge in [0.05, 0.1) is 5.60 Å². The molecule has 2 fully saturated rings. The van der Waals surface area contributed by atoms with Crippen molar-refractivity contribution in [3.05, 3.63) is 0 Å². The van der Waals surface area contributed by atoms with Crippen molar-refractivity contribution in [2.24, 2.45) is 17.6 Å². The van der Waals surface area contributed by atoms with Crippen LogP contribution >= 0.6 is 11.8 Å². The number of nitrogens with two attached hydrogens (primary N) is 1. The summed E-state index contributed by atoms with van der Waals surface area (Å²) in [6.07, 6.45) is 4.64. The van der Waals surface area contributed by atoms with Crippen molar-refractivity contribution in [2.45, 2.75) is 57.6 Å². The topological polar surface area (TPSA) is 35.2 Å². The van der Waals surface area contributed by atoms with Crippen molar-refractivity contribution in [3.63, 3.8) is 0 Å². The van der Waals surface area contributed by atoms with Gasteiger partial charge in [-0.3, -0.25) is 0 Å². The SMILES string of the molecule is CCC(N)(C(C)C)C1CCOC2(CCSC2)C1. The maximum Gasteiger partial charge on any atom is 0.0783 e. The third-order valence-corrected chi connectivity index (χ3v) is 6.23. The second-order valence-corrected chi connectivity index (χ2v) is 7.25. The Morgan fingerprint density at radius 2 is 2.29 bits per heavy atom. The van der Waals surface area contributed by atoms with Crippen molar-refractivity contribution < 1.29 is 4.74 Å². The first-order valence-electron chi connectivity index (χ1n) is 7.03. The van der Waals surface area contributed by atoms with Crippen LogP contribution in [-0.4, -0.2) is 29.3 Å². The van der Waals surface area contributed by atoms with Gasteiger partial charge in [0.15, 0.2) is 0 Å². The number of thioether (sulfide) groups is 1. The van der Waals surface area contributed by atoms with Crippen LogP contribution < -0.4 is 5.73 Å². The van der Waals surface area contributed by atoms with E-state index in [0.29, 0.717) is 11.8 Å².